The number of benzene rings is 1. The molecule has 0 saturated carbocycles. The van der Waals surface area contributed by atoms with Gasteiger partial charge in [0, 0.05) is 24.4 Å². The van der Waals surface area contributed by atoms with Crippen molar-refractivity contribution in [2.45, 2.75) is 32.7 Å². The lowest BCUT2D eigenvalue weighted by Gasteiger charge is -2.23. The standard InChI is InChI=1S/C17H18F3N3O/c1-10-2-3-13(21-8-10)11-6-14-15(7-12(11)17(18,19)20)23-4-5-24-9-16(23)22-14/h3,6-7,10,21H,2,4-5,8-9H2,1H3/t10-/m0/s1. The van der Waals surface area contributed by atoms with Crippen molar-refractivity contribution in [2.75, 3.05) is 13.2 Å². The zero-order valence-corrected chi connectivity index (χ0v) is 13.3. The van der Waals surface area contributed by atoms with Crippen LogP contribution in [0.5, 0.6) is 0 Å². The van der Waals surface area contributed by atoms with E-state index in [2.05, 4.69) is 17.2 Å². The van der Waals surface area contributed by atoms with Crippen molar-refractivity contribution >= 4 is 16.7 Å². The molecule has 0 saturated heterocycles. The Morgan fingerprint density at radius 2 is 2.17 bits per heavy atom. The third kappa shape index (κ3) is 2.56. The van der Waals surface area contributed by atoms with E-state index in [1.54, 1.807) is 6.07 Å². The number of hydrogen-bond donors (Lipinski definition) is 1. The topological polar surface area (TPSA) is 39.1 Å². The molecule has 2 aliphatic heterocycles. The highest BCUT2D eigenvalue weighted by atomic mass is 19.4. The van der Waals surface area contributed by atoms with Crippen molar-refractivity contribution in [3.63, 3.8) is 0 Å². The molecule has 0 spiro atoms. The minimum absolute atomic E-state index is 0.179. The normalized spacial score (nSPS) is 21.3. The Labute approximate surface area is 137 Å². The third-order valence-corrected chi connectivity index (χ3v) is 4.62. The molecule has 0 radical (unpaired) electrons. The molecule has 3 heterocycles. The SMILES string of the molecule is C[C@H]1CC=C(c2cc3nc4n(c3cc2C(F)(F)F)CCOC4)NC1. The fourth-order valence-corrected chi connectivity index (χ4v) is 3.32. The number of nitrogens with one attached hydrogen (secondary N) is 1. The molecule has 4 nitrogen and oxygen atoms in total. The van der Waals surface area contributed by atoms with E-state index in [9.17, 15) is 13.2 Å². The summed E-state index contributed by atoms with van der Waals surface area (Å²) < 4.78 is 48.1. The van der Waals surface area contributed by atoms with Crippen LogP contribution in [0.25, 0.3) is 16.7 Å². The number of ether oxygens (including phenoxy) is 1. The first kappa shape index (κ1) is 15.5. The van der Waals surface area contributed by atoms with Crippen LogP contribution in [0.3, 0.4) is 0 Å². The van der Waals surface area contributed by atoms with Crippen LogP contribution in [-0.4, -0.2) is 22.7 Å². The number of rotatable bonds is 1. The molecule has 24 heavy (non-hydrogen) atoms. The number of fused-ring (bicyclic) bond motifs is 3. The molecule has 2 aliphatic rings. The number of hydrogen-bond acceptors (Lipinski definition) is 3. The molecule has 128 valence electrons. The number of imidazole rings is 1. The van der Waals surface area contributed by atoms with Crippen molar-refractivity contribution in [1.82, 2.24) is 14.9 Å². The summed E-state index contributed by atoms with van der Waals surface area (Å²) in [6.45, 7) is 4.10. The van der Waals surface area contributed by atoms with Crippen LogP contribution >= 0.6 is 0 Å². The molecule has 1 N–H and O–H groups in total. The first-order chi connectivity index (χ1) is 11.4. The van der Waals surface area contributed by atoms with Gasteiger partial charge in [-0.15, -0.1) is 0 Å². The maximum absolute atomic E-state index is 13.6. The second kappa shape index (κ2) is 5.51. The monoisotopic (exact) mass is 337 g/mol. The van der Waals surface area contributed by atoms with Crippen molar-refractivity contribution in [2.24, 2.45) is 5.92 Å². The molecule has 0 fully saturated rings. The van der Waals surface area contributed by atoms with E-state index in [4.69, 9.17) is 4.74 Å². The summed E-state index contributed by atoms with van der Waals surface area (Å²) >= 11 is 0. The van der Waals surface area contributed by atoms with E-state index in [0.29, 0.717) is 54.8 Å². The minimum atomic E-state index is -4.41. The summed E-state index contributed by atoms with van der Waals surface area (Å²) in [5, 5.41) is 3.13. The van der Waals surface area contributed by atoms with E-state index in [1.807, 2.05) is 10.6 Å². The Balaban J connectivity index is 1.91. The third-order valence-electron chi connectivity index (χ3n) is 4.62. The fraction of sp³-hybridized carbons (Fsp3) is 0.471. The zero-order valence-electron chi connectivity index (χ0n) is 13.3. The van der Waals surface area contributed by atoms with Crippen LogP contribution in [0.2, 0.25) is 0 Å². The number of halogens is 3. The van der Waals surface area contributed by atoms with Gasteiger partial charge in [-0.25, -0.2) is 4.98 Å². The largest absolute Gasteiger partial charge is 0.417 e. The number of aromatic nitrogens is 2. The summed E-state index contributed by atoms with van der Waals surface area (Å²) in [5.41, 5.74) is 1.22. The van der Waals surface area contributed by atoms with E-state index in [0.717, 1.165) is 6.42 Å². The smallest absolute Gasteiger partial charge is 0.385 e. The summed E-state index contributed by atoms with van der Waals surface area (Å²) in [4.78, 5) is 4.46. The fourth-order valence-electron chi connectivity index (χ4n) is 3.32. The Morgan fingerprint density at radius 1 is 1.33 bits per heavy atom. The molecule has 0 amide bonds. The molecule has 0 aliphatic carbocycles. The molecule has 7 heteroatoms. The summed E-state index contributed by atoms with van der Waals surface area (Å²) in [6, 6.07) is 2.78. The van der Waals surface area contributed by atoms with Crippen molar-refractivity contribution in [1.29, 1.82) is 0 Å². The van der Waals surface area contributed by atoms with E-state index < -0.39 is 11.7 Å². The highest BCUT2D eigenvalue weighted by Crippen LogP contribution is 2.38. The predicted molar refractivity (Wildman–Crippen MR) is 84.2 cm³/mol. The Kier molecular flexibility index (Phi) is 3.56. The van der Waals surface area contributed by atoms with Crippen LogP contribution in [-0.2, 0) is 24.1 Å². The molecule has 0 bridgehead atoms. The van der Waals surface area contributed by atoms with Crippen molar-refractivity contribution in [3.8, 4) is 0 Å². The Hall–Kier alpha value is -2.02. The Bertz CT molecular complexity index is 823. The van der Waals surface area contributed by atoms with Gasteiger partial charge in [-0.3, -0.25) is 0 Å². The first-order valence-corrected chi connectivity index (χ1v) is 8.06. The van der Waals surface area contributed by atoms with E-state index in [-0.39, 0.29) is 5.56 Å². The molecule has 2 aromatic rings. The summed E-state index contributed by atoms with van der Waals surface area (Å²) in [6.07, 6.45) is -1.79. The molecular formula is C17H18F3N3O. The number of alkyl halides is 3. The van der Waals surface area contributed by atoms with Crippen molar-refractivity contribution in [3.05, 3.63) is 35.2 Å². The van der Waals surface area contributed by atoms with E-state index in [1.165, 1.54) is 6.07 Å². The molecule has 0 unspecified atom stereocenters. The second-order valence-electron chi connectivity index (χ2n) is 6.46. The second-order valence-corrected chi connectivity index (χ2v) is 6.46. The van der Waals surface area contributed by atoms with Crippen LogP contribution in [0, 0.1) is 5.92 Å². The average Bonchev–Trinajstić information content (AvgIpc) is 2.91. The maximum Gasteiger partial charge on any atom is 0.417 e. The molecule has 1 aromatic heterocycles. The van der Waals surface area contributed by atoms with Gasteiger partial charge >= 0.3 is 6.18 Å². The lowest BCUT2D eigenvalue weighted by molar-refractivity contribution is -0.137. The number of allylic oxidation sites excluding steroid dienone is 1. The molecule has 4 rings (SSSR count). The Morgan fingerprint density at radius 3 is 2.88 bits per heavy atom. The molecule has 1 atom stereocenters. The van der Waals surface area contributed by atoms with Gasteiger partial charge in [0.2, 0.25) is 0 Å². The van der Waals surface area contributed by atoms with Gasteiger partial charge in [0.1, 0.15) is 12.4 Å². The van der Waals surface area contributed by atoms with Crippen molar-refractivity contribution < 1.29 is 17.9 Å². The average molecular weight is 337 g/mol. The first-order valence-electron chi connectivity index (χ1n) is 8.06. The minimum Gasteiger partial charge on any atom is -0.385 e. The van der Waals surface area contributed by atoms with Crippen LogP contribution in [0.15, 0.2) is 18.2 Å². The van der Waals surface area contributed by atoms with E-state index >= 15 is 0 Å². The zero-order chi connectivity index (χ0) is 16.9. The lowest BCUT2D eigenvalue weighted by Crippen LogP contribution is -2.25. The predicted octanol–water partition coefficient (Wildman–Crippen LogP) is 3.56. The maximum atomic E-state index is 13.6. The molecule has 1 aromatic carbocycles. The highest BCUT2D eigenvalue weighted by Gasteiger charge is 2.36. The lowest BCUT2D eigenvalue weighted by atomic mass is 9.96. The van der Waals surface area contributed by atoms with Gasteiger partial charge in [0.25, 0.3) is 0 Å². The number of nitrogens with zero attached hydrogens (tertiary/aromatic N) is 2. The summed E-state index contributed by atoms with van der Waals surface area (Å²) in [5.74, 6) is 1.10. The van der Waals surface area contributed by atoms with Crippen LogP contribution in [0.4, 0.5) is 13.2 Å². The van der Waals surface area contributed by atoms with Gasteiger partial charge in [0.05, 0.1) is 23.2 Å². The van der Waals surface area contributed by atoms with Crippen LogP contribution in [0.1, 0.15) is 30.3 Å². The molecular weight excluding hydrogens is 319 g/mol. The summed E-state index contributed by atoms with van der Waals surface area (Å²) in [7, 11) is 0. The van der Waals surface area contributed by atoms with Crippen LogP contribution < -0.4 is 5.32 Å². The van der Waals surface area contributed by atoms with Gasteiger partial charge in [-0.2, -0.15) is 13.2 Å². The highest BCUT2D eigenvalue weighted by molar-refractivity contribution is 5.84. The van der Waals surface area contributed by atoms with Gasteiger partial charge in [0.15, 0.2) is 0 Å². The van der Waals surface area contributed by atoms with Gasteiger partial charge < -0.3 is 14.6 Å². The van der Waals surface area contributed by atoms with Gasteiger partial charge in [-0.1, -0.05) is 13.0 Å². The quantitative estimate of drug-likeness (QED) is 0.865. The van der Waals surface area contributed by atoms with Gasteiger partial charge in [-0.05, 0) is 24.5 Å².